The highest BCUT2D eigenvalue weighted by molar-refractivity contribution is 9.10. The van der Waals surface area contributed by atoms with Crippen molar-refractivity contribution in [2.24, 2.45) is 0 Å². The van der Waals surface area contributed by atoms with Gasteiger partial charge in [0.1, 0.15) is 0 Å². The predicted molar refractivity (Wildman–Crippen MR) is 126 cm³/mol. The zero-order chi connectivity index (χ0) is 23.0. The van der Waals surface area contributed by atoms with E-state index in [1.165, 1.54) is 4.90 Å². The first kappa shape index (κ1) is 21.9. The zero-order valence-corrected chi connectivity index (χ0v) is 19.5. The Kier molecular flexibility index (Phi) is 5.93. The Morgan fingerprint density at radius 1 is 1.00 bits per heavy atom. The molecule has 2 heterocycles. The number of carbonyl (C=O) groups is 2. The summed E-state index contributed by atoms with van der Waals surface area (Å²) in [4.78, 5) is 28.0. The van der Waals surface area contributed by atoms with Crippen molar-refractivity contribution in [3.05, 3.63) is 98.9 Å². The van der Waals surface area contributed by atoms with Crippen LogP contribution in [0, 0.1) is 6.92 Å². The third-order valence-corrected chi connectivity index (χ3v) is 6.04. The molecule has 6 nitrogen and oxygen atoms in total. The van der Waals surface area contributed by atoms with Crippen molar-refractivity contribution >= 4 is 33.4 Å². The number of amides is 1. The van der Waals surface area contributed by atoms with Crippen LogP contribution in [0.3, 0.4) is 0 Å². The second-order valence-corrected chi connectivity index (χ2v) is 8.95. The number of aliphatic hydroxyl groups is 1. The lowest BCUT2D eigenvalue weighted by molar-refractivity contribution is -0.117. The monoisotopic (exact) mass is 491 g/mol. The van der Waals surface area contributed by atoms with Crippen LogP contribution in [0.4, 0.5) is 5.82 Å². The van der Waals surface area contributed by atoms with E-state index in [0.29, 0.717) is 22.7 Å². The normalized spacial score (nSPS) is 16.2. The quantitative estimate of drug-likeness (QED) is 0.479. The van der Waals surface area contributed by atoms with Crippen LogP contribution in [-0.4, -0.2) is 27.0 Å². The number of anilines is 1. The molecular formula is C25H22BrN3O3. The number of aliphatic hydroxyl groups excluding tert-OH is 1. The Hall–Kier alpha value is -3.32. The Bertz CT molecular complexity index is 1200. The molecule has 1 atom stereocenters. The molecule has 32 heavy (non-hydrogen) atoms. The Morgan fingerprint density at radius 3 is 2.22 bits per heavy atom. The molecule has 0 saturated carbocycles. The number of nitrogens with zero attached hydrogens (tertiary/aromatic N) is 3. The summed E-state index contributed by atoms with van der Waals surface area (Å²) in [5.41, 5.74) is 2.90. The van der Waals surface area contributed by atoms with Gasteiger partial charge < -0.3 is 5.11 Å². The second kappa shape index (κ2) is 8.67. The number of aryl methyl sites for hydroxylation is 1. The van der Waals surface area contributed by atoms with Crippen LogP contribution < -0.4 is 4.90 Å². The van der Waals surface area contributed by atoms with Gasteiger partial charge >= 0.3 is 0 Å². The summed E-state index contributed by atoms with van der Waals surface area (Å²) in [6.45, 7) is 5.94. The third-order valence-electron chi connectivity index (χ3n) is 5.51. The molecule has 0 spiro atoms. The lowest BCUT2D eigenvalue weighted by Gasteiger charge is -2.25. The zero-order valence-electron chi connectivity index (χ0n) is 17.9. The van der Waals surface area contributed by atoms with Crippen LogP contribution in [0.15, 0.2) is 76.5 Å². The van der Waals surface area contributed by atoms with E-state index >= 15 is 0 Å². The Balaban J connectivity index is 1.83. The van der Waals surface area contributed by atoms with Gasteiger partial charge in [-0.25, -0.2) is 0 Å². The van der Waals surface area contributed by atoms with Crippen LogP contribution in [0.25, 0.3) is 0 Å². The molecule has 162 valence electrons. The maximum absolute atomic E-state index is 13.5. The number of carbonyl (C=O) groups excluding carboxylic acids is 2. The smallest absolute Gasteiger partial charge is 0.295 e. The molecule has 0 saturated heterocycles. The van der Waals surface area contributed by atoms with Gasteiger partial charge in [0, 0.05) is 10.0 Å². The highest BCUT2D eigenvalue weighted by atomic mass is 79.9. The summed E-state index contributed by atoms with van der Waals surface area (Å²) >= 11 is 3.41. The molecule has 0 aliphatic carbocycles. The molecule has 0 radical (unpaired) electrons. The Morgan fingerprint density at radius 2 is 1.66 bits per heavy atom. The number of benzene rings is 2. The number of ketones is 1. The fourth-order valence-corrected chi connectivity index (χ4v) is 3.99. The first-order valence-electron chi connectivity index (χ1n) is 10.2. The lowest BCUT2D eigenvalue weighted by Crippen LogP contribution is -2.32. The number of hydrogen-bond acceptors (Lipinski definition) is 5. The van der Waals surface area contributed by atoms with Crippen molar-refractivity contribution < 1.29 is 14.7 Å². The minimum Gasteiger partial charge on any atom is -0.503 e. The summed E-state index contributed by atoms with van der Waals surface area (Å²) in [6, 6.07) is 17.1. The van der Waals surface area contributed by atoms with Gasteiger partial charge in [-0.2, -0.15) is 5.10 Å². The average Bonchev–Trinajstić information content (AvgIpc) is 3.05. The van der Waals surface area contributed by atoms with Crippen molar-refractivity contribution in [3.63, 3.8) is 0 Å². The minimum atomic E-state index is -0.829. The summed E-state index contributed by atoms with van der Waals surface area (Å²) in [5, 5.41) is 19.0. The summed E-state index contributed by atoms with van der Waals surface area (Å²) in [6.07, 6.45) is 0. The second-order valence-electron chi connectivity index (χ2n) is 8.03. The van der Waals surface area contributed by atoms with Gasteiger partial charge in [-0.3, -0.25) is 14.5 Å². The molecule has 1 aliphatic rings. The van der Waals surface area contributed by atoms with E-state index in [1.807, 2.05) is 36.4 Å². The molecule has 1 aliphatic heterocycles. The van der Waals surface area contributed by atoms with E-state index in [-0.39, 0.29) is 11.4 Å². The summed E-state index contributed by atoms with van der Waals surface area (Å²) in [7, 11) is 0. The molecule has 7 heteroatoms. The van der Waals surface area contributed by atoms with Crippen LogP contribution in [0.5, 0.6) is 0 Å². The van der Waals surface area contributed by atoms with Gasteiger partial charge in [-0.1, -0.05) is 66.2 Å². The molecule has 4 rings (SSSR count). The van der Waals surface area contributed by atoms with E-state index in [0.717, 1.165) is 10.0 Å². The molecule has 1 aromatic heterocycles. The maximum atomic E-state index is 13.5. The highest BCUT2D eigenvalue weighted by Crippen LogP contribution is 2.41. The fourth-order valence-electron chi connectivity index (χ4n) is 3.73. The number of halogens is 1. The van der Waals surface area contributed by atoms with E-state index in [9.17, 15) is 14.7 Å². The van der Waals surface area contributed by atoms with Crippen molar-refractivity contribution in [1.29, 1.82) is 0 Å². The van der Waals surface area contributed by atoms with Crippen molar-refractivity contribution in [3.8, 4) is 0 Å². The molecule has 1 amide bonds. The first-order valence-corrected chi connectivity index (χ1v) is 11.0. The average molecular weight is 492 g/mol. The van der Waals surface area contributed by atoms with Gasteiger partial charge in [0.15, 0.2) is 17.4 Å². The van der Waals surface area contributed by atoms with Crippen LogP contribution in [0.2, 0.25) is 0 Å². The predicted octanol–water partition coefficient (Wildman–Crippen LogP) is 5.45. The standard InChI is InChI=1S/C25H22BrN3O3/c1-14(2)16-5-7-18(8-6-16)23(30)21-22(17-9-11-19(26)12-10-17)29(25(32)24(21)31)20-13-4-15(3)27-28-20/h4-14,22,31H,1-3H3. The van der Waals surface area contributed by atoms with E-state index in [2.05, 4.69) is 40.0 Å². The van der Waals surface area contributed by atoms with Crippen LogP contribution in [0.1, 0.15) is 53.0 Å². The highest BCUT2D eigenvalue weighted by Gasteiger charge is 2.45. The molecule has 3 aromatic rings. The van der Waals surface area contributed by atoms with Crippen LogP contribution in [-0.2, 0) is 4.79 Å². The van der Waals surface area contributed by atoms with Gasteiger partial charge in [-0.05, 0) is 48.2 Å². The molecule has 1 N–H and O–H groups in total. The molecule has 0 bridgehead atoms. The third kappa shape index (κ3) is 3.96. The van der Waals surface area contributed by atoms with Gasteiger partial charge in [0.25, 0.3) is 5.91 Å². The molecule has 1 unspecified atom stereocenters. The SMILES string of the molecule is Cc1ccc(N2C(=O)C(O)=C(C(=O)c3ccc(C(C)C)cc3)C2c2ccc(Br)cc2)nn1. The van der Waals surface area contributed by atoms with E-state index in [1.54, 1.807) is 31.2 Å². The number of hydrogen-bond donors (Lipinski definition) is 1. The number of aromatic nitrogens is 2. The van der Waals surface area contributed by atoms with Crippen molar-refractivity contribution in [2.45, 2.75) is 32.7 Å². The lowest BCUT2D eigenvalue weighted by atomic mass is 9.91. The molecular weight excluding hydrogens is 470 g/mol. The number of Topliss-reactive ketones (excluding diaryl/α,β-unsaturated/α-hetero) is 1. The summed E-state index contributed by atoms with van der Waals surface area (Å²) in [5.74, 6) is -1.07. The Labute approximate surface area is 194 Å². The summed E-state index contributed by atoms with van der Waals surface area (Å²) < 4.78 is 0.859. The number of rotatable bonds is 5. The molecule has 2 aromatic carbocycles. The van der Waals surface area contributed by atoms with Gasteiger partial charge in [-0.15, -0.1) is 5.10 Å². The van der Waals surface area contributed by atoms with Gasteiger partial charge in [0.05, 0.1) is 17.3 Å². The first-order chi connectivity index (χ1) is 15.3. The topological polar surface area (TPSA) is 83.4 Å². The van der Waals surface area contributed by atoms with Crippen molar-refractivity contribution in [2.75, 3.05) is 4.90 Å². The van der Waals surface area contributed by atoms with Gasteiger partial charge in [0.2, 0.25) is 0 Å². The van der Waals surface area contributed by atoms with E-state index < -0.39 is 23.5 Å². The largest absolute Gasteiger partial charge is 0.503 e. The molecule has 0 fully saturated rings. The van der Waals surface area contributed by atoms with E-state index in [4.69, 9.17) is 0 Å². The fraction of sp³-hybridized carbons (Fsp3) is 0.200. The maximum Gasteiger partial charge on any atom is 0.295 e. The minimum absolute atomic E-state index is 0.0250. The van der Waals surface area contributed by atoms with Crippen LogP contribution >= 0.6 is 15.9 Å². The van der Waals surface area contributed by atoms with Crippen molar-refractivity contribution in [1.82, 2.24) is 10.2 Å².